The second kappa shape index (κ2) is 6.78. The number of phenolic OH excluding ortho intramolecular Hbond substituents is 1. The van der Waals surface area contributed by atoms with Crippen LogP contribution in [-0.4, -0.2) is 5.11 Å². The molecule has 2 rings (SSSR count). The van der Waals surface area contributed by atoms with E-state index < -0.39 is 0 Å². The lowest BCUT2D eigenvalue weighted by Crippen LogP contribution is -2.20. The number of aromatic hydroxyl groups is 1. The third-order valence-corrected chi connectivity index (χ3v) is 3.86. The van der Waals surface area contributed by atoms with Crippen molar-refractivity contribution in [3.8, 4) is 5.75 Å². The first kappa shape index (κ1) is 14.9. The van der Waals surface area contributed by atoms with Crippen LogP contribution >= 0.6 is 11.6 Å². The highest BCUT2D eigenvalue weighted by Crippen LogP contribution is 2.26. The largest absolute Gasteiger partial charge is 0.508 e. The van der Waals surface area contributed by atoms with Crippen molar-refractivity contribution in [2.75, 3.05) is 0 Å². The summed E-state index contributed by atoms with van der Waals surface area (Å²) in [6.45, 7) is 4.78. The van der Waals surface area contributed by atoms with Gasteiger partial charge in [0.15, 0.2) is 0 Å². The van der Waals surface area contributed by atoms with Crippen LogP contribution in [0, 0.1) is 6.92 Å². The Morgan fingerprint density at radius 3 is 2.45 bits per heavy atom. The van der Waals surface area contributed by atoms with Crippen LogP contribution < -0.4 is 5.32 Å². The number of rotatable bonds is 5. The SMILES string of the molecule is CCC(NCc1c(O)cccc1Cl)c1ccc(C)cc1. The van der Waals surface area contributed by atoms with Gasteiger partial charge in [0.05, 0.1) is 0 Å². The summed E-state index contributed by atoms with van der Waals surface area (Å²) < 4.78 is 0. The van der Waals surface area contributed by atoms with Gasteiger partial charge in [-0.25, -0.2) is 0 Å². The summed E-state index contributed by atoms with van der Waals surface area (Å²) in [5.74, 6) is 0.240. The quantitative estimate of drug-likeness (QED) is 0.843. The van der Waals surface area contributed by atoms with Crippen LogP contribution in [-0.2, 0) is 6.54 Å². The molecule has 2 nitrogen and oxygen atoms in total. The van der Waals surface area contributed by atoms with Crippen LogP contribution in [0.4, 0.5) is 0 Å². The van der Waals surface area contributed by atoms with Crippen molar-refractivity contribution in [1.82, 2.24) is 5.32 Å². The predicted molar refractivity (Wildman–Crippen MR) is 84.2 cm³/mol. The fourth-order valence-electron chi connectivity index (χ4n) is 2.24. The number of benzene rings is 2. The third kappa shape index (κ3) is 3.53. The normalized spacial score (nSPS) is 12.3. The summed E-state index contributed by atoms with van der Waals surface area (Å²) in [7, 11) is 0. The average molecular weight is 290 g/mol. The molecule has 2 aromatic rings. The lowest BCUT2D eigenvalue weighted by atomic mass is 10.0. The van der Waals surface area contributed by atoms with Gasteiger partial charge in [-0.2, -0.15) is 0 Å². The molecule has 0 saturated heterocycles. The number of phenols is 1. The van der Waals surface area contributed by atoms with Crippen LogP contribution in [0.2, 0.25) is 5.02 Å². The fourth-order valence-corrected chi connectivity index (χ4v) is 2.48. The van der Waals surface area contributed by atoms with Gasteiger partial charge in [0.1, 0.15) is 5.75 Å². The van der Waals surface area contributed by atoms with Gasteiger partial charge < -0.3 is 10.4 Å². The highest BCUT2D eigenvalue weighted by molar-refractivity contribution is 6.31. The van der Waals surface area contributed by atoms with Gasteiger partial charge in [-0.15, -0.1) is 0 Å². The van der Waals surface area contributed by atoms with Gasteiger partial charge in [0.25, 0.3) is 0 Å². The number of halogens is 1. The molecular weight excluding hydrogens is 270 g/mol. The topological polar surface area (TPSA) is 32.3 Å². The zero-order chi connectivity index (χ0) is 14.5. The van der Waals surface area contributed by atoms with E-state index in [4.69, 9.17) is 11.6 Å². The fraction of sp³-hybridized carbons (Fsp3) is 0.294. The lowest BCUT2D eigenvalue weighted by Gasteiger charge is -2.18. The van der Waals surface area contributed by atoms with Crippen molar-refractivity contribution in [2.45, 2.75) is 32.9 Å². The molecule has 0 saturated carbocycles. The van der Waals surface area contributed by atoms with E-state index in [-0.39, 0.29) is 11.8 Å². The van der Waals surface area contributed by atoms with E-state index in [9.17, 15) is 5.11 Å². The summed E-state index contributed by atoms with van der Waals surface area (Å²) >= 11 is 6.12. The Morgan fingerprint density at radius 2 is 1.85 bits per heavy atom. The Hall–Kier alpha value is -1.51. The average Bonchev–Trinajstić information content (AvgIpc) is 2.44. The third-order valence-electron chi connectivity index (χ3n) is 3.51. The summed E-state index contributed by atoms with van der Waals surface area (Å²) in [6.07, 6.45) is 0.980. The van der Waals surface area contributed by atoms with Gasteiger partial charge in [-0.3, -0.25) is 0 Å². The molecule has 0 aliphatic heterocycles. The Labute approximate surface area is 125 Å². The lowest BCUT2D eigenvalue weighted by molar-refractivity contribution is 0.455. The van der Waals surface area contributed by atoms with Crippen molar-refractivity contribution in [2.24, 2.45) is 0 Å². The van der Waals surface area contributed by atoms with Crippen LogP contribution in [0.15, 0.2) is 42.5 Å². The molecule has 0 amide bonds. The standard InChI is InChI=1S/C17H20ClNO/c1-3-16(13-9-7-12(2)8-10-13)19-11-14-15(18)5-4-6-17(14)20/h4-10,16,19-20H,3,11H2,1-2H3. The zero-order valence-corrected chi connectivity index (χ0v) is 12.6. The summed E-state index contributed by atoms with van der Waals surface area (Å²) in [4.78, 5) is 0. The molecule has 0 spiro atoms. The minimum Gasteiger partial charge on any atom is -0.508 e. The Balaban J connectivity index is 2.09. The van der Waals surface area contributed by atoms with E-state index in [0.717, 1.165) is 12.0 Å². The molecule has 3 heteroatoms. The molecule has 0 bridgehead atoms. The molecule has 0 radical (unpaired) electrons. The molecule has 0 aliphatic rings. The molecule has 0 heterocycles. The number of aryl methyl sites for hydroxylation is 1. The molecule has 0 aromatic heterocycles. The van der Waals surface area contributed by atoms with E-state index >= 15 is 0 Å². The second-order valence-corrected chi connectivity index (χ2v) is 5.40. The number of hydrogen-bond acceptors (Lipinski definition) is 2. The zero-order valence-electron chi connectivity index (χ0n) is 11.9. The van der Waals surface area contributed by atoms with Crippen molar-refractivity contribution in [3.05, 3.63) is 64.2 Å². The highest BCUT2D eigenvalue weighted by atomic mass is 35.5. The minimum absolute atomic E-state index is 0.240. The Bertz CT molecular complexity index is 545. The van der Waals surface area contributed by atoms with Crippen LogP contribution in [0.1, 0.15) is 36.1 Å². The van der Waals surface area contributed by atoms with Crippen LogP contribution in [0.5, 0.6) is 5.75 Å². The van der Waals surface area contributed by atoms with Crippen LogP contribution in [0.3, 0.4) is 0 Å². The first-order valence-corrected chi connectivity index (χ1v) is 7.26. The number of hydrogen-bond donors (Lipinski definition) is 2. The van der Waals surface area contributed by atoms with Gasteiger partial charge in [-0.05, 0) is 31.0 Å². The van der Waals surface area contributed by atoms with E-state index in [1.807, 2.05) is 0 Å². The summed E-state index contributed by atoms with van der Waals surface area (Å²) in [5.41, 5.74) is 3.26. The predicted octanol–water partition coefficient (Wildman–Crippen LogP) is 4.59. The van der Waals surface area contributed by atoms with Gasteiger partial charge in [-0.1, -0.05) is 54.4 Å². The van der Waals surface area contributed by atoms with E-state index in [1.54, 1.807) is 18.2 Å². The highest BCUT2D eigenvalue weighted by Gasteiger charge is 2.11. The molecule has 20 heavy (non-hydrogen) atoms. The van der Waals surface area contributed by atoms with Crippen molar-refractivity contribution in [3.63, 3.8) is 0 Å². The Kier molecular flexibility index (Phi) is 5.05. The molecule has 0 fully saturated rings. The van der Waals surface area contributed by atoms with Gasteiger partial charge in [0.2, 0.25) is 0 Å². The maximum atomic E-state index is 9.86. The molecule has 1 atom stereocenters. The molecule has 1 unspecified atom stereocenters. The molecule has 0 aliphatic carbocycles. The minimum atomic E-state index is 0.240. The molecule has 106 valence electrons. The van der Waals surface area contributed by atoms with Crippen molar-refractivity contribution >= 4 is 11.6 Å². The molecule has 2 N–H and O–H groups in total. The summed E-state index contributed by atoms with van der Waals surface area (Å²) in [6, 6.07) is 14.0. The Morgan fingerprint density at radius 1 is 1.15 bits per heavy atom. The van der Waals surface area contributed by atoms with Crippen molar-refractivity contribution < 1.29 is 5.11 Å². The smallest absolute Gasteiger partial charge is 0.121 e. The maximum Gasteiger partial charge on any atom is 0.121 e. The second-order valence-electron chi connectivity index (χ2n) is 4.99. The van der Waals surface area contributed by atoms with E-state index in [0.29, 0.717) is 11.6 Å². The van der Waals surface area contributed by atoms with E-state index in [1.165, 1.54) is 11.1 Å². The first-order chi connectivity index (χ1) is 9.61. The van der Waals surface area contributed by atoms with Gasteiger partial charge >= 0.3 is 0 Å². The van der Waals surface area contributed by atoms with Crippen LogP contribution in [0.25, 0.3) is 0 Å². The number of nitrogens with one attached hydrogen (secondary N) is 1. The maximum absolute atomic E-state index is 9.86. The first-order valence-electron chi connectivity index (χ1n) is 6.88. The summed E-state index contributed by atoms with van der Waals surface area (Å²) in [5, 5.41) is 13.9. The monoisotopic (exact) mass is 289 g/mol. The molecule has 2 aromatic carbocycles. The molecular formula is C17H20ClNO. The van der Waals surface area contributed by atoms with Crippen molar-refractivity contribution in [1.29, 1.82) is 0 Å². The van der Waals surface area contributed by atoms with E-state index in [2.05, 4.69) is 43.4 Å². The van der Waals surface area contributed by atoms with Gasteiger partial charge in [0, 0.05) is 23.2 Å².